The van der Waals surface area contributed by atoms with Gasteiger partial charge in [0.1, 0.15) is 0 Å². The van der Waals surface area contributed by atoms with Gasteiger partial charge in [-0.15, -0.1) is 0 Å². The highest BCUT2D eigenvalue weighted by molar-refractivity contribution is 6.30. The fraction of sp³-hybridized carbons (Fsp3) is 0.381. The Hall–Kier alpha value is -1.88. The normalized spacial score (nSPS) is 15.8. The monoisotopic (exact) mass is 371 g/mol. The van der Waals surface area contributed by atoms with Crippen LogP contribution in [0.5, 0.6) is 0 Å². The standard InChI is InChI=1S/C21H26ClN3O/c1-16-10-17(2)12-20(11-16)23-21(26)15-25-8-6-24(7-9-25)14-18-4-3-5-19(22)13-18/h3-5,10-13H,6-9,14-15H2,1-2H3,(H,23,26). The number of nitrogens with zero attached hydrogens (tertiary/aromatic N) is 2. The SMILES string of the molecule is Cc1cc(C)cc(NC(=O)CN2CCN(Cc3cccc(Cl)c3)CC2)c1. The van der Waals surface area contributed by atoms with Gasteiger partial charge in [0.15, 0.2) is 0 Å². The summed E-state index contributed by atoms with van der Waals surface area (Å²) in [4.78, 5) is 17.0. The van der Waals surface area contributed by atoms with Gasteiger partial charge in [-0.3, -0.25) is 14.6 Å². The molecule has 1 amide bonds. The Morgan fingerprint density at radius 3 is 2.31 bits per heavy atom. The van der Waals surface area contributed by atoms with Gasteiger partial charge in [0.2, 0.25) is 5.91 Å². The van der Waals surface area contributed by atoms with Crippen LogP contribution in [0.3, 0.4) is 0 Å². The second-order valence-corrected chi connectivity index (χ2v) is 7.54. The van der Waals surface area contributed by atoms with E-state index in [0.717, 1.165) is 54.6 Å². The minimum Gasteiger partial charge on any atom is -0.325 e. The molecule has 1 N–H and O–H groups in total. The molecular weight excluding hydrogens is 346 g/mol. The van der Waals surface area contributed by atoms with Crippen LogP contribution in [0.15, 0.2) is 42.5 Å². The van der Waals surface area contributed by atoms with Gasteiger partial charge in [0.25, 0.3) is 0 Å². The van der Waals surface area contributed by atoms with E-state index in [4.69, 9.17) is 11.6 Å². The van der Waals surface area contributed by atoms with Crippen molar-refractivity contribution in [1.82, 2.24) is 9.80 Å². The number of piperazine rings is 1. The van der Waals surface area contributed by atoms with E-state index in [1.165, 1.54) is 5.56 Å². The lowest BCUT2D eigenvalue weighted by Crippen LogP contribution is -2.48. The van der Waals surface area contributed by atoms with Crippen molar-refractivity contribution < 1.29 is 4.79 Å². The molecule has 2 aromatic carbocycles. The van der Waals surface area contributed by atoms with Crippen LogP contribution in [0.1, 0.15) is 16.7 Å². The molecule has 3 rings (SSSR count). The van der Waals surface area contributed by atoms with Crippen LogP contribution in [0.4, 0.5) is 5.69 Å². The van der Waals surface area contributed by atoms with Gasteiger partial charge in [-0.25, -0.2) is 0 Å². The summed E-state index contributed by atoms with van der Waals surface area (Å²) in [5.74, 6) is 0.0540. The van der Waals surface area contributed by atoms with Crippen LogP contribution in [0.2, 0.25) is 5.02 Å². The molecule has 0 aromatic heterocycles. The summed E-state index contributed by atoms with van der Waals surface area (Å²) in [6, 6.07) is 14.1. The van der Waals surface area contributed by atoms with E-state index in [1.54, 1.807) is 0 Å². The highest BCUT2D eigenvalue weighted by Crippen LogP contribution is 2.15. The van der Waals surface area contributed by atoms with Gasteiger partial charge in [0, 0.05) is 43.4 Å². The minimum absolute atomic E-state index is 0.0540. The van der Waals surface area contributed by atoms with Crippen LogP contribution < -0.4 is 5.32 Å². The smallest absolute Gasteiger partial charge is 0.238 e. The number of anilines is 1. The summed E-state index contributed by atoms with van der Waals surface area (Å²) >= 11 is 6.06. The summed E-state index contributed by atoms with van der Waals surface area (Å²) in [7, 11) is 0. The third-order valence-corrected chi connectivity index (χ3v) is 4.87. The average Bonchev–Trinajstić information content (AvgIpc) is 2.55. The fourth-order valence-electron chi connectivity index (χ4n) is 3.45. The van der Waals surface area contributed by atoms with Crippen molar-refractivity contribution in [2.45, 2.75) is 20.4 Å². The average molecular weight is 372 g/mol. The van der Waals surface area contributed by atoms with Gasteiger partial charge in [-0.1, -0.05) is 29.8 Å². The zero-order valence-corrected chi connectivity index (χ0v) is 16.2. The molecule has 1 aliphatic rings. The minimum atomic E-state index is 0.0540. The number of hydrogen-bond donors (Lipinski definition) is 1. The third-order valence-electron chi connectivity index (χ3n) is 4.63. The molecule has 0 bridgehead atoms. The fourth-order valence-corrected chi connectivity index (χ4v) is 3.66. The third kappa shape index (κ3) is 5.56. The van der Waals surface area contributed by atoms with E-state index in [9.17, 15) is 4.79 Å². The zero-order valence-electron chi connectivity index (χ0n) is 15.5. The quantitative estimate of drug-likeness (QED) is 0.870. The van der Waals surface area contributed by atoms with E-state index in [0.29, 0.717) is 6.54 Å². The highest BCUT2D eigenvalue weighted by atomic mass is 35.5. The number of amides is 1. The van der Waals surface area contributed by atoms with E-state index in [-0.39, 0.29) is 5.91 Å². The summed E-state index contributed by atoms with van der Waals surface area (Å²) in [5.41, 5.74) is 4.44. The first-order valence-electron chi connectivity index (χ1n) is 9.05. The largest absolute Gasteiger partial charge is 0.325 e. The molecule has 5 heteroatoms. The molecule has 0 atom stereocenters. The van der Waals surface area contributed by atoms with E-state index < -0.39 is 0 Å². The molecule has 1 fully saturated rings. The molecule has 26 heavy (non-hydrogen) atoms. The van der Waals surface area contributed by atoms with E-state index in [1.807, 2.05) is 44.2 Å². The molecule has 0 unspecified atom stereocenters. The number of hydrogen-bond acceptors (Lipinski definition) is 3. The van der Waals surface area contributed by atoms with Crippen molar-refractivity contribution in [3.05, 3.63) is 64.2 Å². The predicted molar refractivity (Wildman–Crippen MR) is 108 cm³/mol. The second-order valence-electron chi connectivity index (χ2n) is 7.11. The van der Waals surface area contributed by atoms with Crippen molar-refractivity contribution in [2.75, 3.05) is 38.0 Å². The Labute approximate surface area is 160 Å². The molecule has 0 saturated carbocycles. The molecule has 0 spiro atoms. The van der Waals surface area contributed by atoms with Crippen molar-refractivity contribution in [1.29, 1.82) is 0 Å². The number of aryl methyl sites for hydroxylation is 2. The molecule has 0 aliphatic carbocycles. The van der Waals surface area contributed by atoms with Crippen molar-refractivity contribution in [2.24, 2.45) is 0 Å². The highest BCUT2D eigenvalue weighted by Gasteiger charge is 2.19. The Bertz CT molecular complexity index is 749. The zero-order chi connectivity index (χ0) is 18.5. The molecule has 1 heterocycles. The Morgan fingerprint density at radius 2 is 1.65 bits per heavy atom. The number of benzene rings is 2. The molecular formula is C21H26ClN3O. The van der Waals surface area contributed by atoms with E-state index >= 15 is 0 Å². The number of rotatable bonds is 5. The molecule has 2 aromatic rings. The summed E-state index contributed by atoms with van der Waals surface area (Å²) in [5, 5.41) is 3.80. The maximum Gasteiger partial charge on any atom is 0.238 e. The van der Waals surface area contributed by atoms with Crippen molar-refractivity contribution >= 4 is 23.2 Å². The molecule has 1 aliphatic heterocycles. The van der Waals surface area contributed by atoms with Gasteiger partial charge in [-0.05, 0) is 54.8 Å². The second kappa shape index (κ2) is 8.67. The maximum absolute atomic E-state index is 12.3. The van der Waals surface area contributed by atoms with E-state index in [2.05, 4.69) is 27.2 Å². The van der Waals surface area contributed by atoms with Gasteiger partial charge in [0.05, 0.1) is 6.54 Å². The van der Waals surface area contributed by atoms with Crippen molar-refractivity contribution in [3.8, 4) is 0 Å². The molecule has 138 valence electrons. The van der Waals surface area contributed by atoms with Crippen LogP contribution in [-0.2, 0) is 11.3 Å². The van der Waals surface area contributed by atoms with Crippen LogP contribution in [0, 0.1) is 13.8 Å². The maximum atomic E-state index is 12.3. The number of carbonyl (C=O) groups excluding carboxylic acids is 1. The first kappa shape index (κ1) is 18.9. The summed E-state index contributed by atoms with van der Waals surface area (Å²) in [6.45, 7) is 9.17. The molecule has 4 nitrogen and oxygen atoms in total. The topological polar surface area (TPSA) is 35.6 Å². The lowest BCUT2D eigenvalue weighted by Gasteiger charge is -2.34. The lowest BCUT2D eigenvalue weighted by molar-refractivity contribution is -0.117. The Balaban J connectivity index is 1.45. The number of nitrogens with one attached hydrogen (secondary N) is 1. The van der Waals surface area contributed by atoms with Crippen LogP contribution >= 0.6 is 11.6 Å². The van der Waals surface area contributed by atoms with Crippen molar-refractivity contribution in [3.63, 3.8) is 0 Å². The van der Waals surface area contributed by atoms with Crippen LogP contribution in [-0.4, -0.2) is 48.4 Å². The number of halogens is 1. The van der Waals surface area contributed by atoms with Gasteiger partial charge in [-0.2, -0.15) is 0 Å². The van der Waals surface area contributed by atoms with Gasteiger partial charge >= 0.3 is 0 Å². The van der Waals surface area contributed by atoms with Crippen LogP contribution in [0.25, 0.3) is 0 Å². The summed E-state index contributed by atoms with van der Waals surface area (Å²) < 4.78 is 0. The first-order chi connectivity index (χ1) is 12.5. The first-order valence-corrected chi connectivity index (χ1v) is 9.43. The lowest BCUT2D eigenvalue weighted by atomic mass is 10.1. The molecule has 0 radical (unpaired) electrons. The van der Waals surface area contributed by atoms with Gasteiger partial charge < -0.3 is 5.32 Å². The number of carbonyl (C=O) groups is 1. The Kier molecular flexibility index (Phi) is 6.30. The predicted octanol–water partition coefficient (Wildman–Crippen LogP) is 3.71. The summed E-state index contributed by atoms with van der Waals surface area (Å²) in [6.07, 6.45) is 0. The molecule has 1 saturated heterocycles. The Morgan fingerprint density at radius 1 is 1.00 bits per heavy atom.